The minimum Gasteiger partial charge on any atom is -0.208 e. The second kappa shape index (κ2) is 14.1. The highest BCUT2D eigenvalue weighted by atomic mass is 15.0. The van der Waals surface area contributed by atoms with Crippen LogP contribution in [0.4, 0.5) is 0 Å². The Morgan fingerprint density at radius 3 is 1.17 bits per heavy atom. The summed E-state index contributed by atoms with van der Waals surface area (Å²) in [4.78, 5) is 16.1. The van der Waals surface area contributed by atoms with E-state index in [4.69, 9.17) is 15.0 Å². The van der Waals surface area contributed by atoms with Crippen molar-refractivity contribution in [2.75, 3.05) is 0 Å². The minimum atomic E-state index is -0.492. The SMILES string of the molecule is c1ccc(-c2ccc(-c3nc(-c4ccc(-c5ccccc5)cc4)nc(-c4ccc5c(c4)C4(c6ccccc6-c6ccccc64)c4ccccc4C54C5CC6CC(C5)CC4C6)n3)cc2)cc1. The molecule has 1 aromatic heterocycles. The maximum atomic E-state index is 5.42. The van der Waals surface area contributed by atoms with Gasteiger partial charge in [-0.1, -0.05) is 194 Å². The third-order valence-corrected chi connectivity index (χ3v) is 16.4. The summed E-state index contributed by atoms with van der Waals surface area (Å²) in [5, 5.41) is 0. The van der Waals surface area contributed by atoms with Crippen molar-refractivity contribution < 1.29 is 0 Å². The number of fused-ring (bicyclic) bond motifs is 9. The molecule has 15 rings (SSSR count). The molecule has 0 radical (unpaired) electrons. The fraction of sp³-hybridized carbons (Fsp3) is 0.177. The Morgan fingerprint density at radius 2 is 0.662 bits per heavy atom. The van der Waals surface area contributed by atoms with E-state index in [-0.39, 0.29) is 5.41 Å². The maximum Gasteiger partial charge on any atom is 0.164 e. The van der Waals surface area contributed by atoms with Gasteiger partial charge in [-0.25, -0.2) is 15.0 Å². The number of hydrogen-bond acceptors (Lipinski definition) is 3. The van der Waals surface area contributed by atoms with E-state index in [1.54, 1.807) is 5.56 Å². The van der Waals surface area contributed by atoms with Crippen molar-refractivity contribution in [2.45, 2.75) is 42.9 Å². The van der Waals surface area contributed by atoms with Gasteiger partial charge in [0.1, 0.15) is 0 Å². The van der Waals surface area contributed by atoms with E-state index in [2.05, 4.69) is 200 Å². The fourth-order valence-electron chi connectivity index (χ4n) is 14.1. The molecule has 8 aromatic carbocycles. The summed E-state index contributed by atoms with van der Waals surface area (Å²) in [5.41, 5.74) is 18.5. The van der Waals surface area contributed by atoms with E-state index in [1.807, 2.05) is 0 Å². The molecular weight excluding hydrogens is 787 g/mol. The highest BCUT2D eigenvalue weighted by molar-refractivity contribution is 5.89. The van der Waals surface area contributed by atoms with Crippen LogP contribution in [0.2, 0.25) is 0 Å². The zero-order chi connectivity index (χ0) is 42.7. The topological polar surface area (TPSA) is 38.7 Å². The highest BCUT2D eigenvalue weighted by Crippen LogP contribution is 2.71. The van der Waals surface area contributed by atoms with Crippen molar-refractivity contribution in [1.82, 2.24) is 15.0 Å². The van der Waals surface area contributed by atoms with Crippen LogP contribution in [0.3, 0.4) is 0 Å². The van der Waals surface area contributed by atoms with Crippen LogP contribution in [0, 0.1) is 23.7 Å². The highest BCUT2D eigenvalue weighted by Gasteiger charge is 2.64. The minimum absolute atomic E-state index is 0.0357. The van der Waals surface area contributed by atoms with Crippen LogP contribution in [0.15, 0.2) is 200 Å². The third-order valence-electron chi connectivity index (χ3n) is 16.4. The molecule has 4 bridgehead atoms. The van der Waals surface area contributed by atoms with Crippen molar-refractivity contribution in [2.24, 2.45) is 23.7 Å². The Morgan fingerprint density at radius 1 is 0.292 bits per heavy atom. The van der Waals surface area contributed by atoms with Crippen molar-refractivity contribution in [3.8, 4) is 67.5 Å². The van der Waals surface area contributed by atoms with E-state index >= 15 is 0 Å². The van der Waals surface area contributed by atoms with Gasteiger partial charge in [0, 0.05) is 22.1 Å². The molecule has 1 heterocycles. The van der Waals surface area contributed by atoms with Gasteiger partial charge in [0.15, 0.2) is 17.5 Å². The summed E-state index contributed by atoms with van der Waals surface area (Å²) in [7, 11) is 0. The Hall–Kier alpha value is -7.23. The first-order chi connectivity index (χ1) is 32.2. The van der Waals surface area contributed by atoms with Gasteiger partial charge >= 0.3 is 0 Å². The zero-order valence-electron chi connectivity index (χ0n) is 36.2. The van der Waals surface area contributed by atoms with Crippen LogP contribution in [0.1, 0.15) is 65.5 Å². The largest absolute Gasteiger partial charge is 0.208 e. The van der Waals surface area contributed by atoms with E-state index < -0.39 is 5.41 Å². The van der Waals surface area contributed by atoms with Gasteiger partial charge in [-0.05, 0) is 129 Å². The van der Waals surface area contributed by atoms with Crippen molar-refractivity contribution in [3.05, 3.63) is 234 Å². The number of hydrogen-bond donors (Lipinski definition) is 0. The van der Waals surface area contributed by atoms with Crippen LogP contribution < -0.4 is 0 Å². The molecule has 2 spiro atoms. The van der Waals surface area contributed by atoms with Crippen LogP contribution in [0.5, 0.6) is 0 Å². The summed E-state index contributed by atoms with van der Waals surface area (Å²) in [6, 6.07) is 74.0. The van der Waals surface area contributed by atoms with Crippen LogP contribution in [-0.2, 0) is 10.8 Å². The lowest BCUT2D eigenvalue weighted by Crippen LogP contribution is -2.59. The fourth-order valence-corrected chi connectivity index (χ4v) is 14.1. The molecule has 0 aliphatic heterocycles. The standard InChI is InChI=1S/C62H47N3/c1-3-13-41(14-4-1)43-23-27-45(28-24-43)58-63-59(46-29-25-44(26-30-46)42-15-5-2-6-16-42)65-60(64-58)47-31-32-56-57(38-47)62(52-19-9-7-17-50(52)51-18-8-10-20-53(51)62)55-22-12-11-21-54(55)61(56)48-34-39-33-40(36-48)37-49(61)35-39/h1-32,38-40,48-49H,33-37H2. The quantitative estimate of drug-likeness (QED) is 0.173. The van der Waals surface area contributed by atoms with Crippen molar-refractivity contribution in [3.63, 3.8) is 0 Å². The number of aromatic nitrogens is 3. The smallest absolute Gasteiger partial charge is 0.164 e. The molecule has 9 aromatic rings. The van der Waals surface area contributed by atoms with E-state index in [9.17, 15) is 0 Å². The number of benzene rings is 8. The molecule has 4 fully saturated rings. The van der Waals surface area contributed by atoms with Gasteiger partial charge < -0.3 is 0 Å². The monoisotopic (exact) mass is 833 g/mol. The molecule has 4 saturated carbocycles. The lowest BCUT2D eigenvalue weighted by molar-refractivity contribution is -0.0440. The summed E-state index contributed by atoms with van der Waals surface area (Å²) in [5.74, 6) is 5.00. The Balaban J connectivity index is 1.01. The van der Waals surface area contributed by atoms with E-state index in [0.717, 1.165) is 39.7 Å². The van der Waals surface area contributed by atoms with Gasteiger partial charge in [-0.2, -0.15) is 0 Å². The maximum absolute atomic E-state index is 5.42. The number of rotatable bonds is 5. The molecule has 3 nitrogen and oxygen atoms in total. The second-order valence-corrected chi connectivity index (χ2v) is 19.5. The lowest BCUT2D eigenvalue weighted by atomic mass is 9.38. The van der Waals surface area contributed by atoms with Crippen molar-refractivity contribution >= 4 is 0 Å². The first-order valence-corrected chi connectivity index (χ1v) is 23.7. The van der Waals surface area contributed by atoms with Crippen LogP contribution in [0.25, 0.3) is 67.5 Å². The van der Waals surface area contributed by atoms with Crippen molar-refractivity contribution in [1.29, 1.82) is 0 Å². The Bertz CT molecular complexity index is 3140. The summed E-state index contributed by atoms with van der Waals surface area (Å²) < 4.78 is 0. The molecular formula is C62H47N3. The number of nitrogens with zero attached hydrogens (tertiary/aromatic N) is 3. The molecule has 6 aliphatic carbocycles. The summed E-state index contributed by atoms with van der Waals surface area (Å²) in [6.45, 7) is 0. The normalized spacial score (nSPS) is 22.3. The van der Waals surface area contributed by atoms with Gasteiger partial charge in [0.2, 0.25) is 0 Å². The molecule has 6 aliphatic rings. The average Bonchev–Trinajstić information content (AvgIpc) is 3.67. The molecule has 0 saturated heterocycles. The van der Waals surface area contributed by atoms with Gasteiger partial charge in [0.25, 0.3) is 0 Å². The second-order valence-electron chi connectivity index (χ2n) is 19.5. The van der Waals surface area contributed by atoms with Gasteiger partial charge in [-0.3, -0.25) is 0 Å². The lowest BCUT2D eigenvalue weighted by Gasteiger charge is -2.65. The van der Waals surface area contributed by atoms with Gasteiger partial charge in [-0.15, -0.1) is 0 Å². The summed E-state index contributed by atoms with van der Waals surface area (Å²) in [6.07, 6.45) is 6.74. The first-order valence-electron chi connectivity index (χ1n) is 23.7. The zero-order valence-corrected chi connectivity index (χ0v) is 36.2. The Kier molecular flexibility index (Phi) is 8.08. The van der Waals surface area contributed by atoms with Gasteiger partial charge in [0.05, 0.1) is 5.41 Å². The molecule has 0 amide bonds. The predicted octanol–water partition coefficient (Wildman–Crippen LogP) is 14.6. The predicted molar refractivity (Wildman–Crippen MR) is 262 cm³/mol. The molecule has 0 N–H and O–H groups in total. The first kappa shape index (κ1) is 37.2. The van der Waals surface area contributed by atoms with Crippen LogP contribution >= 0.6 is 0 Å². The third kappa shape index (κ3) is 5.33. The molecule has 3 heteroatoms. The molecule has 310 valence electrons. The van der Waals surface area contributed by atoms with E-state index in [1.165, 1.54) is 82.2 Å². The van der Waals surface area contributed by atoms with Crippen LogP contribution in [-0.4, -0.2) is 15.0 Å². The Labute approximate surface area is 381 Å². The molecule has 0 atom stereocenters. The van der Waals surface area contributed by atoms with E-state index in [0.29, 0.717) is 29.3 Å². The molecule has 0 unspecified atom stereocenters. The average molecular weight is 834 g/mol. The summed E-state index contributed by atoms with van der Waals surface area (Å²) >= 11 is 0. The molecule has 65 heavy (non-hydrogen) atoms.